The van der Waals surface area contributed by atoms with E-state index >= 15 is 0 Å². The maximum atomic E-state index is 12.4. The number of nitrogens with one attached hydrogen (secondary N) is 1. The number of aromatic nitrogens is 2. The second kappa shape index (κ2) is 8.17. The normalized spacial score (nSPS) is 13.6. The highest BCUT2D eigenvalue weighted by Crippen LogP contribution is 2.24. The quantitative estimate of drug-likeness (QED) is 0.631. The Hall–Kier alpha value is -2.63. The third-order valence-corrected chi connectivity index (χ3v) is 5.24. The number of anilines is 2. The Morgan fingerprint density at radius 1 is 0.929 bits per heavy atom. The van der Waals surface area contributed by atoms with Gasteiger partial charge in [0.2, 0.25) is 0 Å². The molecule has 1 amide bonds. The lowest BCUT2D eigenvalue weighted by atomic mass is 10.1. The molecule has 0 bridgehead atoms. The highest BCUT2D eigenvalue weighted by atomic mass is 35.5. The number of hydrogen-bond acceptors (Lipinski definition) is 4. The number of nitrogens with zero attached hydrogens (tertiary/aromatic N) is 3. The first-order valence-corrected chi connectivity index (χ1v) is 9.81. The number of carbonyl (C=O) groups excluding carboxylic acids is 1. The lowest BCUT2D eigenvalue weighted by Crippen LogP contribution is -2.19. The molecule has 28 heavy (non-hydrogen) atoms. The van der Waals surface area contributed by atoms with Crippen molar-refractivity contribution in [1.29, 1.82) is 0 Å². The molecule has 4 rings (SSSR count). The Balaban J connectivity index is 1.45. The van der Waals surface area contributed by atoms with Crippen LogP contribution in [-0.2, 0) is 0 Å². The van der Waals surface area contributed by atoms with Gasteiger partial charge in [0.15, 0.2) is 5.82 Å². The minimum absolute atomic E-state index is 0.288. The number of amides is 1. The zero-order valence-electron chi connectivity index (χ0n) is 15.0. The molecule has 142 valence electrons. The smallest absolute Gasteiger partial charge is 0.257 e. The fourth-order valence-electron chi connectivity index (χ4n) is 3.19. The molecule has 7 heteroatoms. The third-order valence-electron chi connectivity index (χ3n) is 4.69. The Bertz CT molecular complexity index is 984. The van der Waals surface area contributed by atoms with Crippen molar-refractivity contribution in [2.24, 2.45) is 0 Å². The number of rotatable bonds is 4. The molecule has 1 aliphatic rings. The van der Waals surface area contributed by atoms with Crippen molar-refractivity contribution in [3.8, 4) is 11.3 Å². The monoisotopic (exact) mass is 412 g/mol. The van der Waals surface area contributed by atoms with Gasteiger partial charge in [0, 0.05) is 29.4 Å². The fraction of sp³-hybridized carbons (Fsp3) is 0.190. The molecule has 1 aromatic heterocycles. The van der Waals surface area contributed by atoms with E-state index in [-0.39, 0.29) is 5.91 Å². The van der Waals surface area contributed by atoms with E-state index in [2.05, 4.69) is 20.4 Å². The molecule has 0 saturated carbocycles. The summed E-state index contributed by atoms with van der Waals surface area (Å²) in [5.74, 6) is 0.633. The van der Waals surface area contributed by atoms with Crippen LogP contribution < -0.4 is 10.2 Å². The van der Waals surface area contributed by atoms with Crippen molar-refractivity contribution >= 4 is 40.6 Å². The van der Waals surface area contributed by atoms with Crippen LogP contribution in [0.2, 0.25) is 10.0 Å². The van der Waals surface area contributed by atoms with Gasteiger partial charge in [-0.1, -0.05) is 35.3 Å². The molecule has 5 nitrogen and oxygen atoms in total. The summed E-state index contributed by atoms with van der Waals surface area (Å²) < 4.78 is 0. The molecular formula is C21H18Cl2N4O. The van der Waals surface area contributed by atoms with Crippen LogP contribution in [0.3, 0.4) is 0 Å². The Labute approximate surface area is 173 Å². The van der Waals surface area contributed by atoms with Crippen LogP contribution in [0.5, 0.6) is 0 Å². The van der Waals surface area contributed by atoms with Crippen LogP contribution >= 0.6 is 23.2 Å². The summed E-state index contributed by atoms with van der Waals surface area (Å²) in [5, 5.41) is 12.3. The first kappa shape index (κ1) is 18.7. The van der Waals surface area contributed by atoms with Gasteiger partial charge in [-0.3, -0.25) is 4.79 Å². The van der Waals surface area contributed by atoms with E-state index in [1.165, 1.54) is 12.8 Å². The van der Waals surface area contributed by atoms with Crippen molar-refractivity contribution in [2.75, 3.05) is 23.3 Å². The van der Waals surface area contributed by atoms with Crippen molar-refractivity contribution in [1.82, 2.24) is 10.2 Å². The van der Waals surface area contributed by atoms with Gasteiger partial charge < -0.3 is 10.2 Å². The van der Waals surface area contributed by atoms with E-state index < -0.39 is 0 Å². The van der Waals surface area contributed by atoms with Crippen molar-refractivity contribution in [2.45, 2.75) is 12.8 Å². The summed E-state index contributed by atoms with van der Waals surface area (Å²) in [6.07, 6.45) is 2.41. The van der Waals surface area contributed by atoms with Crippen LogP contribution in [-0.4, -0.2) is 29.2 Å². The van der Waals surface area contributed by atoms with Crippen LogP contribution in [0.4, 0.5) is 11.5 Å². The topological polar surface area (TPSA) is 58.1 Å². The summed E-state index contributed by atoms with van der Waals surface area (Å²) in [6.45, 7) is 2.08. The average Bonchev–Trinajstić information content (AvgIpc) is 3.23. The standard InChI is InChI=1S/C21H18Cl2N4O/c22-15-5-8-17(18(23)13-15)21(28)24-16-6-3-14(4-7-16)19-9-10-20(26-25-19)27-11-1-2-12-27/h3-10,13H,1-2,11-12H2,(H,24,28). The van der Waals surface area contributed by atoms with Crippen molar-refractivity contribution in [3.63, 3.8) is 0 Å². The summed E-state index contributed by atoms with van der Waals surface area (Å²) in [4.78, 5) is 14.6. The van der Waals surface area contributed by atoms with Crippen LogP contribution in [0.15, 0.2) is 54.6 Å². The Morgan fingerprint density at radius 3 is 2.32 bits per heavy atom. The third kappa shape index (κ3) is 4.11. The molecule has 1 saturated heterocycles. The molecular weight excluding hydrogens is 395 g/mol. The van der Waals surface area contributed by atoms with Gasteiger partial charge in [0.05, 0.1) is 16.3 Å². The predicted octanol–water partition coefficient (Wildman–Crippen LogP) is 5.30. The first-order chi connectivity index (χ1) is 13.6. The Morgan fingerprint density at radius 2 is 1.68 bits per heavy atom. The van der Waals surface area contributed by atoms with E-state index in [1.807, 2.05) is 36.4 Å². The summed E-state index contributed by atoms with van der Waals surface area (Å²) in [6, 6.07) is 16.2. The minimum Gasteiger partial charge on any atom is -0.355 e. The van der Waals surface area contributed by atoms with E-state index in [0.29, 0.717) is 21.3 Å². The van der Waals surface area contributed by atoms with Crippen LogP contribution in [0, 0.1) is 0 Å². The molecule has 3 aromatic rings. The SMILES string of the molecule is O=C(Nc1ccc(-c2ccc(N3CCCC3)nn2)cc1)c1ccc(Cl)cc1Cl. The van der Waals surface area contributed by atoms with Crippen molar-refractivity contribution in [3.05, 3.63) is 70.2 Å². The van der Waals surface area contributed by atoms with Gasteiger partial charge in [-0.25, -0.2) is 0 Å². The largest absolute Gasteiger partial charge is 0.355 e. The van der Waals surface area contributed by atoms with Gasteiger partial charge in [0.25, 0.3) is 5.91 Å². The number of carbonyl (C=O) groups is 1. The lowest BCUT2D eigenvalue weighted by Gasteiger charge is -2.15. The number of halogens is 2. The molecule has 1 fully saturated rings. The van der Waals surface area contributed by atoms with Gasteiger partial charge >= 0.3 is 0 Å². The van der Waals surface area contributed by atoms with E-state index in [4.69, 9.17) is 23.2 Å². The Kier molecular flexibility index (Phi) is 5.46. The van der Waals surface area contributed by atoms with E-state index in [0.717, 1.165) is 30.2 Å². The minimum atomic E-state index is -0.288. The molecule has 2 aromatic carbocycles. The summed E-state index contributed by atoms with van der Waals surface area (Å²) in [5.41, 5.74) is 2.77. The average molecular weight is 413 g/mol. The summed E-state index contributed by atoms with van der Waals surface area (Å²) in [7, 11) is 0. The van der Waals surface area contributed by atoms with Gasteiger partial charge in [-0.05, 0) is 55.3 Å². The highest BCUT2D eigenvalue weighted by molar-refractivity contribution is 6.37. The molecule has 0 atom stereocenters. The lowest BCUT2D eigenvalue weighted by molar-refractivity contribution is 0.102. The van der Waals surface area contributed by atoms with Crippen molar-refractivity contribution < 1.29 is 4.79 Å². The molecule has 1 aliphatic heterocycles. The maximum absolute atomic E-state index is 12.4. The zero-order valence-corrected chi connectivity index (χ0v) is 16.5. The van der Waals surface area contributed by atoms with E-state index in [1.54, 1.807) is 18.2 Å². The molecule has 0 unspecified atom stereocenters. The maximum Gasteiger partial charge on any atom is 0.257 e. The molecule has 1 N–H and O–H groups in total. The van der Waals surface area contributed by atoms with Crippen LogP contribution in [0.25, 0.3) is 11.3 Å². The molecule has 0 radical (unpaired) electrons. The molecule has 0 spiro atoms. The van der Waals surface area contributed by atoms with Gasteiger partial charge in [0.1, 0.15) is 0 Å². The predicted molar refractivity (Wildman–Crippen MR) is 113 cm³/mol. The van der Waals surface area contributed by atoms with Gasteiger partial charge in [-0.15, -0.1) is 10.2 Å². The van der Waals surface area contributed by atoms with Crippen LogP contribution in [0.1, 0.15) is 23.2 Å². The first-order valence-electron chi connectivity index (χ1n) is 9.06. The summed E-state index contributed by atoms with van der Waals surface area (Å²) >= 11 is 12.0. The molecule has 2 heterocycles. The second-order valence-corrected chi connectivity index (χ2v) is 7.47. The number of benzene rings is 2. The van der Waals surface area contributed by atoms with E-state index in [9.17, 15) is 4.79 Å². The highest BCUT2D eigenvalue weighted by Gasteiger charge is 2.14. The van der Waals surface area contributed by atoms with Gasteiger partial charge in [-0.2, -0.15) is 0 Å². The zero-order chi connectivity index (χ0) is 19.5. The number of hydrogen-bond donors (Lipinski definition) is 1. The second-order valence-electron chi connectivity index (χ2n) is 6.63. The fourth-order valence-corrected chi connectivity index (χ4v) is 3.68. The molecule has 0 aliphatic carbocycles.